The highest BCUT2D eigenvalue weighted by atomic mass is 16.3. The molecule has 0 aromatic heterocycles. The molecule has 4 nitrogen and oxygen atoms in total. The van der Waals surface area contributed by atoms with E-state index in [4.69, 9.17) is 0 Å². The molecule has 0 aromatic carbocycles. The van der Waals surface area contributed by atoms with Crippen LogP contribution in [0.1, 0.15) is 52.4 Å². The molecule has 1 amide bonds. The summed E-state index contributed by atoms with van der Waals surface area (Å²) >= 11 is 0. The van der Waals surface area contributed by atoms with Crippen LogP contribution in [0.4, 0.5) is 0 Å². The molecule has 18 heavy (non-hydrogen) atoms. The molecule has 0 spiro atoms. The Kier molecular flexibility index (Phi) is 4.28. The van der Waals surface area contributed by atoms with Gasteiger partial charge in [0.1, 0.15) is 0 Å². The quantitative estimate of drug-likeness (QED) is 0.693. The molecular formula is C14H26N2O2. The van der Waals surface area contributed by atoms with Crippen LogP contribution >= 0.6 is 0 Å². The van der Waals surface area contributed by atoms with E-state index in [9.17, 15) is 9.90 Å². The van der Waals surface area contributed by atoms with Gasteiger partial charge in [0.05, 0.1) is 12.1 Å². The molecule has 1 heterocycles. The van der Waals surface area contributed by atoms with Crippen molar-refractivity contribution in [3.05, 3.63) is 0 Å². The lowest BCUT2D eigenvalue weighted by Crippen LogP contribution is -2.57. The highest BCUT2D eigenvalue weighted by Crippen LogP contribution is 2.30. The van der Waals surface area contributed by atoms with Gasteiger partial charge in [-0.25, -0.2) is 0 Å². The molecule has 1 saturated carbocycles. The van der Waals surface area contributed by atoms with Crippen molar-refractivity contribution in [2.45, 2.75) is 70.6 Å². The van der Waals surface area contributed by atoms with E-state index in [-0.39, 0.29) is 29.5 Å². The molecular weight excluding hydrogens is 228 g/mol. The van der Waals surface area contributed by atoms with Gasteiger partial charge in [-0.3, -0.25) is 4.79 Å². The molecule has 2 fully saturated rings. The fourth-order valence-electron chi connectivity index (χ4n) is 3.24. The maximum absolute atomic E-state index is 12.3. The molecule has 1 aliphatic carbocycles. The smallest absolute Gasteiger partial charge is 0.237 e. The Morgan fingerprint density at radius 2 is 2.11 bits per heavy atom. The molecule has 4 heteroatoms. The third kappa shape index (κ3) is 3.23. The van der Waals surface area contributed by atoms with Crippen LogP contribution in [0.15, 0.2) is 0 Å². The number of aliphatic hydroxyl groups is 1. The van der Waals surface area contributed by atoms with Crippen molar-refractivity contribution < 1.29 is 9.90 Å². The predicted molar refractivity (Wildman–Crippen MR) is 71.2 cm³/mol. The Labute approximate surface area is 110 Å². The number of nitrogens with one attached hydrogen (secondary N) is 2. The van der Waals surface area contributed by atoms with E-state index < -0.39 is 0 Å². The van der Waals surface area contributed by atoms with Crippen LogP contribution in [0.25, 0.3) is 0 Å². The van der Waals surface area contributed by atoms with Gasteiger partial charge in [0.25, 0.3) is 0 Å². The van der Waals surface area contributed by atoms with Crippen LogP contribution < -0.4 is 10.6 Å². The van der Waals surface area contributed by atoms with E-state index in [1.54, 1.807) is 0 Å². The lowest BCUT2D eigenvalue weighted by molar-refractivity contribution is -0.127. The van der Waals surface area contributed by atoms with Crippen molar-refractivity contribution in [1.82, 2.24) is 10.6 Å². The lowest BCUT2D eigenvalue weighted by Gasteiger charge is -2.39. The van der Waals surface area contributed by atoms with Crippen LogP contribution in [0.5, 0.6) is 0 Å². The topological polar surface area (TPSA) is 61.4 Å². The zero-order valence-electron chi connectivity index (χ0n) is 11.5. The minimum atomic E-state index is -0.239. The van der Waals surface area contributed by atoms with E-state index in [0.29, 0.717) is 6.42 Å². The Hall–Kier alpha value is -0.610. The van der Waals surface area contributed by atoms with Crippen molar-refractivity contribution in [2.75, 3.05) is 6.54 Å². The molecule has 3 N–H and O–H groups in total. The van der Waals surface area contributed by atoms with E-state index in [1.165, 1.54) is 0 Å². The molecule has 3 atom stereocenters. The molecule has 1 saturated heterocycles. The van der Waals surface area contributed by atoms with Crippen LogP contribution in [-0.4, -0.2) is 35.7 Å². The van der Waals surface area contributed by atoms with E-state index in [1.807, 2.05) is 0 Å². The van der Waals surface area contributed by atoms with Crippen LogP contribution in [0.2, 0.25) is 0 Å². The van der Waals surface area contributed by atoms with Gasteiger partial charge in [0.15, 0.2) is 0 Å². The highest BCUT2D eigenvalue weighted by Gasteiger charge is 2.38. The van der Waals surface area contributed by atoms with Gasteiger partial charge >= 0.3 is 0 Å². The molecule has 104 valence electrons. The minimum Gasteiger partial charge on any atom is -0.393 e. The Morgan fingerprint density at radius 1 is 1.33 bits per heavy atom. The van der Waals surface area contributed by atoms with Gasteiger partial charge in [-0.15, -0.1) is 0 Å². The summed E-state index contributed by atoms with van der Waals surface area (Å²) in [5, 5.41) is 16.1. The van der Waals surface area contributed by atoms with Gasteiger partial charge in [0.2, 0.25) is 5.91 Å². The first kappa shape index (κ1) is 13.8. The highest BCUT2D eigenvalue weighted by molar-refractivity contribution is 5.83. The number of rotatable bonds is 2. The molecule has 0 aromatic rings. The van der Waals surface area contributed by atoms with Crippen molar-refractivity contribution in [3.63, 3.8) is 0 Å². The van der Waals surface area contributed by atoms with Crippen LogP contribution in [-0.2, 0) is 4.79 Å². The van der Waals surface area contributed by atoms with Crippen LogP contribution in [0, 0.1) is 5.41 Å². The van der Waals surface area contributed by atoms with Crippen molar-refractivity contribution in [1.29, 1.82) is 0 Å². The first-order valence-electron chi connectivity index (χ1n) is 7.21. The van der Waals surface area contributed by atoms with Crippen LogP contribution in [0.3, 0.4) is 0 Å². The van der Waals surface area contributed by atoms with Gasteiger partial charge in [-0.1, -0.05) is 13.8 Å². The molecule has 2 aliphatic rings. The molecule has 0 bridgehead atoms. The third-order valence-electron chi connectivity index (χ3n) is 4.38. The summed E-state index contributed by atoms with van der Waals surface area (Å²) in [4.78, 5) is 12.3. The van der Waals surface area contributed by atoms with Crippen molar-refractivity contribution >= 4 is 5.91 Å². The number of hydrogen-bond acceptors (Lipinski definition) is 3. The zero-order valence-corrected chi connectivity index (χ0v) is 11.5. The number of amides is 1. The largest absolute Gasteiger partial charge is 0.393 e. The second kappa shape index (κ2) is 5.57. The Balaban J connectivity index is 1.90. The number of piperidine rings is 1. The minimum absolute atomic E-state index is 0.0234. The van der Waals surface area contributed by atoms with Gasteiger partial charge < -0.3 is 15.7 Å². The van der Waals surface area contributed by atoms with E-state index in [0.717, 1.165) is 38.6 Å². The van der Waals surface area contributed by atoms with Gasteiger partial charge in [0, 0.05) is 6.04 Å². The van der Waals surface area contributed by atoms with E-state index >= 15 is 0 Å². The summed E-state index contributed by atoms with van der Waals surface area (Å²) < 4.78 is 0. The van der Waals surface area contributed by atoms with Crippen molar-refractivity contribution in [2.24, 2.45) is 5.41 Å². The SMILES string of the molecule is CC1(C)CCCNC1C(=O)NC1CCCC(O)C1. The fraction of sp³-hybridized carbons (Fsp3) is 0.929. The molecule has 0 radical (unpaired) electrons. The first-order chi connectivity index (χ1) is 8.49. The maximum atomic E-state index is 12.3. The lowest BCUT2D eigenvalue weighted by atomic mass is 9.77. The summed E-state index contributed by atoms with van der Waals surface area (Å²) in [6.45, 7) is 5.23. The summed E-state index contributed by atoms with van der Waals surface area (Å²) in [5.41, 5.74) is 0.0234. The molecule has 3 unspecified atom stereocenters. The number of aliphatic hydroxyl groups excluding tert-OH is 1. The normalized spacial score (nSPS) is 36.1. The average molecular weight is 254 g/mol. The van der Waals surface area contributed by atoms with E-state index in [2.05, 4.69) is 24.5 Å². The third-order valence-corrected chi connectivity index (χ3v) is 4.38. The number of hydrogen-bond donors (Lipinski definition) is 3. The Bertz CT molecular complexity index is 304. The second-order valence-electron chi connectivity index (χ2n) is 6.51. The monoisotopic (exact) mass is 254 g/mol. The average Bonchev–Trinajstić information content (AvgIpc) is 2.28. The summed E-state index contributed by atoms with van der Waals surface area (Å²) in [6, 6.07) is 0.0612. The summed E-state index contributed by atoms with van der Waals surface area (Å²) in [6.07, 6.45) is 5.57. The second-order valence-corrected chi connectivity index (χ2v) is 6.51. The predicted octanol–water partition coefficient (Wildman–Crippen LogP) is 1.18. The first-order valence-corrected chi connectivity index (χ1v) is 7.21. The fourth-order valence-corrected chi connectivity index (χ4v) is 3.24. The number of carbonyl (C=O) groups is 1. The van der Waals surface area contributed by atoms with Gasteiger partial charge in [-0.05, 0) is 50.5 Å². The Morgan fingerprint density at radius 3 is 2.78 bits per heavy atom. The summed E-state index contributed by atoms with van der Waals surface area (Å²) in [7, 11) is 0. The molecule has 1 aliphatic heterocycles. The number of carbonyl (C=O) groups excluding carboxylic acids is 1. The summed E-state index contributed by atoms with van der Waals surface area (Å²) in [5.74, 6) is 0.110. The standard InChI is InChI=1S/C14H26N2O2/c1-14(2)7-4-8-15-12(14)13(18)16-10-5-3-6-11(17)9-10/h10-12,15,17H,3-9H2,1-2H3,(H,16,18). The molecule has 2 rings (SSSR count). The van der Waals surface area contributed by atoms with Gasteiger partial charge in [-0.2, -0.15) is 0 Å². The maximum Gasteiger partial charge on any atom is 0.237 e. The zero-order chi connectivity index (χ0) is 13.2. The van der Waals surface area contributed by atoms with Crippen molar-refractivity contribution in [3.8, 4) is 0 Å².